The lowest BCUT2D eigenvalue weighted by Crippen LogP contribution is -2.49. The predicted molar refractivity (Wildman–Crippen MR) is 148 cm³/mol. The van der Waals surface area contributed by atoms with E-state index in [0.29, 0.717) is 5.56 Å². The molecule has 0 aliphatic carbocycles. The van der Waals surface area contributed by atoms with Crippen LogP contribution in [0.4, 0.5) is 23.2 Å². The van der Waals surface area contributed by atoms with E-state index in [1.807, 2.05) is 18.2 Å². The maximum absolute atomic E-state index is 13.6. The van der Waals surface area contributed by atoms with Crippen LogP contribution in [-0.4, -0.2) is 51.0 Å². The number of amides is 2. The Kier molecular flexibility index (Phi) is 10.5. The molecule has 12 heteroatoms. The van der Waals surface area contributed by atoms with E-state index in [4.69, 9.17) is 0 Å². The molecule has 3 aromatic carbocycles. The molecule has 3 aromatic rings. The molecule has 0 unspecified atom stereocenters. The maximum Gasteiger partial charge on any atom is 0.416 e. The fourth-order valence-electron chi connectivity index (χ4n) is 4.35. The summed E-state index contributed by atoms with van der Waals surface area (Å²) in [5.74, 6) is -1.36. The first-order valence-corrected chi connectivity index (χ1v) is 14.6. The summed E-state index contributed by atoms with van der Waals surface area (Å²) in [6.45, 7) is -0.285. The number of carbonyl (C=O) groups excluding carboxylic acids is 2. The van der Waals surface area contributed by atoms with E-state index in [1.165, 1.54) is 42.3 Å². The van der Waals surface area contributed by atoms with E-state index < -0.39 is 45.4 Å². The van der Waals surface area contributed by atoms with Gasteiger partial charge in [0.25, 0.3) is 0 Å². The summed E-state index contributed by atoms with van der Waals surface area (Å²) in [6, 6.07) is 17.5. The van der Waals surface area contributed by atoms with Gasteiger partial charge in [-0.2, -0.15) is 13.2 Å². The topological polar surface area (TPSA) is 86.8 Å². The van der Waals surface area contributed by atoms with Gasteiger partial charge >= 0.3 is 6.18 Å². The molecule has 0 heterocycles. The molecular weight excluding hydrogens is 562 g/mol. The summed E-state index contributed by atoms with van der Waals surface area (Å²) >= 11 is 0. The van der Waals surface area contributed by atoms with Crippen LogP contribution in [0.1, 0.15) is 29.5 Å². The second-order valence-corrected chi connectivity index (χ2v) is 11.4. The van der Waals surface area contributed by atoms with Gasteiger partial charge in [0.15, 0.2) is 0 Å². The van der Waals surface area contributed by atoms with E-state index in [1.54, 1.807) is 12.1 Å². The lowest BCUT2D eigenvalue weighted by Gasteiger charge is -2.31. The summed E-state index contributed by atoms with van der Waals surface area (Å²) < 4.78 is 79.0. The van der Waals surface area contributed by atoms with Crippen LogP contribution in [0.3, 0.4) is 0 Å². The van der Waals surface area contributed by atoms with Crippen molar-refractivity contribution in [2.24, 2.45) is 0 Å². The highest BCUT2D eigenvalue weighted by atomic mass is 32.2. The first kappa shape index (κ1) is 31.6. The third kappa shape index (κ3) is 9.04. The highest BCUT2D eigenvalue weighted by molar-refractivity contribution is 7.92. The largest absolute Gasteiger partial charge is 0.416 e. The van der Waals surface area contributed by atoms with Gasteiger partial charge in [0.1, 0.15) is 11.9 Å². The Morgan fingerprint density at radius 2 is 1.59 bits per heavy atom. The quantitative estimate of drug-likeness (QED) is 0.307. The van der Waals surface area contributed by atoms with Crippen molar-refractivity contribution in [2.45, 2.75) is 38.0 Å². The number of carbonyl (C=O) groups is 2. The second kappa shape index (κ2) is 13.6. The van der Waals surface area contributed by atoms with Crippen molar-refractivity contribution in [1.82, 2.24) is 10.2 Å². The molecule has 41 heavy (non-hydrogen) atoms. The Morgan fingerprint density at radius 1 is 0.927 bits per heavy atom. The SMILES string of the molecule is CNC(=O)[C@H](Cc1ccccc1)N(Cc1ccc(F)cc1)C(=O)CCCN(c1cccc(C(F)(F)F)c1)S(C)(=O)=O. The smallest absolute Gasteiger partial charge is 0.357 e. The number of benzene rings is 3. The van der Waals surface area contributed by atoms with E-state index in [-0.39, 0.29) is 38.0 Å². The van der Waals surface area contributed by atoms with Crippen molar-refractivity contribution in [3.8, 4) is 0 Å². The maximum atomic E-state index is 13.6. The molecule has 0 aliphatic heterocycles. The Hall–Kier alpha value is -3.93. The van der Waals surface area contributed by atoms with E-state index in [0.717, 1.165) is 34.3 Å². The van der Waals surface area contributed by atoms with Gasteiger partial charge in [0.05, 0.1) is 17.5 Å². The van der Waals surface area contributed by atoms with Gasteiger partial charge < -0.3 is 10.2 Å². The minimum absolute atomic E-state index is 0.0204. The number of nitrogens with zero attached hydrogens (tertiary/aromatic N) is 2. The Bertz CT molecular complexity index is 1430. The number of sulfonamides is 1. The monoisotopic (exact) mass is 593 g/mol. The molecule has 0 bridgehead atoms. The standard InChI is InChI=1S/C29H31F4N3O4S/c1-34-28(38)26(18-21-8-4-3-5-9-21)35(20-22-13-15-24(30)16-14-22)27(37)12-7-17-36(41(2,39)40)25-11-6-10-23(19-25)29(31,32)33/h3-6,8-11,13-16,19,26H,7,12,17-18,20H2,1-2H3,(H,34,38)/t26-/m0/s1. The molecule has 0 saturated heterocycles. The average molecular weight is 594 g/mol. The van der Waals surface area contributed by atoms with Crippen molar-refractivity contribution in [3.63, 3.8) is 0 Å². The number of hydrogen-bond acceptors (Lipinski definition) is 4. The predicted octanol–water partition coefficient (Wildman–Crippen LogP) is 4.78. The van der Waals surface area contributed by atoms with Crippen LogP contribution in [0.5, 0.6) is 0 Å². The Morgan fingerprint density at radius 3 is 2.17 bits per heavy atom. The molecule has 0 spiro atoms. The number of rotatable bonds is 12. The fourth-order valence-corrected chi connectivity index (χ4v) is 5.31. The molecule has 7 nitrogen and oxygen atoms in total. The molecule has 0 aliphatic rings. The molecule has 0 fully saturated rings. The summed E-state index contributed by atoms with van der Waals surface area (Å²) in [4.78, 5) is 27.9. The minimum Gasteiger partial charge on any atom is -0.357 e. The van der Waals surface area contributed by atoms with E-state index >= 15 is 0 Å². The molecule has 2 amide bonds. The van der Waals surface area contributed by atoms with Crippen LogP contribution in [0.15, 0.2) is 78.9 Å². The lowest BCUT2D eigenvalue weighted by atomic mass is 10.0. The van der Waals surface area contributed by atoms with Crippen LogP contribution < -0.4 is 9.62 Å². The number of alkyl halides is 3. The number of likely N-dealkylation sites (N-methyl/N-ethyl adjacent to an activating group) is 1. The van der Waals surface area contributed by atoms with Gasteiger partial charge in [-0.1, -0.05) is 48.5 Å². The van der Waals surface area contributed by atoms with Crippen molar-refractivity contribution < 1.29 is 35.6 Å². The van der Waals surface area contributed by atoms with Gasteiger partial charge in [-0.15, -0.1) is 0 Å². The number of nitrogens with one attached hydrogen (secondary N) is 1. The fraction of sp³-hybridized carbons (Fsp3) is 0.310. The number of anilines is 1. The molecule has 0 aromatic heterocycles. The molecule has 0 radical (unpaired) electrons. The molecule has 220 valence electrons. The molecular formula is C29H31F4N3O4S. The molecule has 3 rings (SSSR count). The molecule has 0 saturated carbocycles. The van der Waals surface area contributed by atoms with Crippen LogP contribution in [0, 0.1) is 5.82 Å². The van der Waals surface area contributed by atoms with Gasteiger partial charge in [0.2, 0.25) is 21.8 Å². The van der Waals surface area contributed by atoms with Gasteiger partial charge in [-0.3, -0.25) is 13.9 Å². The summed E-state index contributed by atoms with van der Waals surface area (Å²) in [5.41, 5.74) is 0.194. The van der Waals surface area contributed by atoms with Gasteiger partial charge in [-0.25, -0.2) is 12.8 Å². The average Bonchev–Trinajstić information content (AvgIpc) is 2.93. The normalized spacial score (nSPS) is 12.4. The lowest BCUT2D eigenvalue weighted by molar-refractivity contribution is -0.141. The first-order chi connectivity index (χ1) is 19.3. The second-order valence-electron chi connectivity index (χ2n) is 9.45. The van der Waals surface area contributed by atoms with Crippen molar-refractivity contribution in [2.75, 3.05) is 24.2 Å². The Balaban J connectivity index is 1.85. The third-order valence-corrected chi connectivity index (χ3v) is 7.59. The van der Waals surface area contributed by atoms with Crippen molar-refractivity contribution in [3.05, 3.63) is 101 Å². The zero-order valence-corrected chi connectivity index (χ0v) is 23.4. The van der Waals surface area contributed by atoms with Gasteiger partial charge in [0, 0.05) is 33.0 Å². The van der Waals surface area contributed by atoms with Crippen molar-refractivity contribution in [1.29, 1.82) is 0 Å². The minimum atomic E-state index is -4.66. The van der Waals surface area contributed by atoms with Crippen LogP contribution in [-0.2, 0) is 38.8 Å². The molecule has 1 N–H and O–H groups in total. The summed E-state index contributed by atoms with van der Waals surface area (Å²) in [5, 5.41) is 2.58. The van der Waals surface area contributed by atoms with Gasteiger partial charge in [-0.05, 0) is 47.9 Å². The summed E-state index contributed by atoms with van der Waals surface area (Å²) in [7, 11) is -2.54. The highest BCUT2D eigenvalue weighted by Crippen LogP contribution is 2.32. The van der Waals surface area contributed by atoms with Crippen LogP contribution in [0.25, 0.3) is 0 Å². The van der Waals surface area contributed by atoms with Crippen LogP contribution >= 0.6 is 0 Å². The van der Waals surface area contributed by atoms with E-state index in [9.17, 15) is 35.6 Å². The third-order valence-electron chi connectivity index (χ3n) is 6.40. The van der Waals surface area contributed by atoms with Crippen LogP contribution in [0.2, 0.25) is 0 Å². The Labute approximate surface area is 236 Å². The number of hydrogen-bond donors (Lipinski definition) is 1. The zero-order valence-electron chi connectivity index (χ0n) is 22.6. The summed E-state index contributed by atoms with van der Waals surface area (Å²) in [6.07, 6.45) is -3.84. The number of halogens is 4. The van der Waals surface area contributed by atoms with E-state index in [2.05, 4.69) is 5.32 Å². The first-order valence-electron chi connectivity index (χ1n) is 12.7. The highest BCUT2D eigenvalue weighted by Gasteiger charge is 2.32. The zero-order chi connectivity index (χ0) is 30.2. The molecule has 1 atom stereocenters. The van der Waals surface area contributed by atoms with Crippen molar-refractivity contribution >= 4 is 27.5 Å².